The summed E-state index contributed by atoms with van der Waals surface area (Å²) in [7, 11) is 0. The number of aromatic nitrogens is 2. The normalized spacial score (nSPS) is 17.1. The number of hydrogen-bond donors (Lipinski definition) is 1. The van der Waals surface area contributed by atoms with E-state index in [9.17, 15) is 4.79 Å². The minimum absolute atomic E-state index is 0.0606. The molecule has 1 aliphatic rings. The average molecular weight is 303 g/mol. The summed E-state index contributed by atoms with van der Waals surface area (Å²) in [5, 5.41) is 3.44. The van der Waals surface area contributed by atoms with Crippen LogP contribution in [0.4, 0.5) is 5.82 Å². The second-order valence-corrected chi connectivity index (χ2v) is 5.33. The van der Waals surface area contributed by atoms with E-state index in [1.54, 1.807) is 6.92 Å². The van der Waals surface area contributed by atoms with E-state index >= 15 is 0 Å². The maximum atomic E-state index is 12.2. The lowest BCUT2D eigenvalue weighted by atomic mass is 10.1. The molecule has 1 saturated heterocycles. The number of hydrogen-bond acceptors (Lipinski definition) is 4. The zero-order chi connectivity index (χ0) is 13.8. The monoisotopic (exact) mass is 302 g/mol. The van der Waals surface area contributed by atoms with Gasteiger partial charge in [-0.1, -0.05) is 11.6 Å². The molecule has 1 aromatic rings. The zero-order valence-corrected chi connectivity index (χ0v) is 12.2. The van der Waals surface area contributed by atoms with Gasteiger partial charge in [0.1, 0.15) is 11.1 Å². The van der Waals surface area contributed by atoms with E-state index in [0.29, 0.717) is 10.8 Å². The predicted octanol–water partition coefficient (Wildman–Crippen LogP) is 2.60. The van der Waals surface area contributed by atoms with Crippen LogP contribution < -0.4 is 5.32 Å². The van der Waals surface area contributed by atoms with Gasteiger partial charge in [0.15, 0.2) is 5.82 Å². The quantitative estimate of drug-likeness (QED) is 0.872. The second-order valence-electron chi connectivity index (χ2n) is 4.59. The van der Waals surface area contributed by atoms with Crippen LogP contribution in [0.15, 0.2) is 6.20 Å². The van der Waals surface area contributed by atoms with Gasteiger partial charge in [0.05, 0.1) is 6.20 Å². The first-order valence-corrected chi connectivity index (χ1v) is 7.07. The van der Waals surface area contributed by atoms with Crippen molar-refractivity contribution in [1.29, 1.82) is 0 Å². The number of amides is 1. The Morgan fingerprint density at radius 2 is 2.05 bits per heavy atom. The Bertz CT molecular complexity index is 463. The van der Waals surface area contributed by atoms with Gasteiger partial charge in [-0.05, 0) is 37.8 Å². The summed E-state index contributed by atoms with van der Waals surface area (Å²) in [6.07, 6.45) is 4.74. The molecule has 0 saturated carbocycles. The van der Waals surface area contributed by atoms with E-state index in [1.165, 1.54) is 12.6 Å². The number of nitrogens with zero attached hydrogens (tertiary/aromatic N) is 3. The van der Waals surface area contributed by atoms with Crippen LogP contribution in [0.3, 0.4) is 0 Å². The summed E-state index contributed by atoms with van der Waals surface area (Å²) in [6.45, 7) is 3.44. The smallest absolute Gasteiger partial charge is 0.244 e. The molecule has 0 aliphatic carbocycles. The summed E-state index contributed by atoms with van der Waals surface area (Å²) in [4.78, 5) is 21.9. The Balaban J connectivity index is 2.01. The van der Waals surface area contributed by atoms with Crippen molar-refractivity contribution in [2.75, 3.05) is 18.4 Å². The molecule has 1 unspecified atom stereocenters. The SMILES string of the molecule is CC(Nc1nc(Cl)ncc1Cl)C(=O)N1CCCCC1. The molecule has 1 aliphatic heterocycles. The number of nitrogens with one attached hydrogen (secondary N) is 1. The highest BCUT2D eigenvalue weighted by Gasteiger charge is 2.22. The van der Waals surface area contributed by atoms with E-state index in [1.807, 2.05) is 4.90 Å². The fourth-order valence-electron chi connectivity index (χ4n) is 2.10. The van der Waals surface area contributed by atoms with Gasteiger partial charge in [-0.2, -0.15) is 4.98 Å². The van der Waals surface area contributed by atoms with Crippen LogP contribution in [0.25, 0.3) is 0 Å². The molecule has 5 nitrogen and oxygen atoms in total. The van der Waals surface area contributed by atoms with Crippen molar-refractivity contribution in [3.05, 3.63) is 16.5 Å². The van der Waals surface area contributed by atoms with Gasteiger partial charge >= 0.3 is 0 Å². The number of carbonyl (C=O) groups excluding carboxylic acids is 1. The van der Waals surface area contributed by atoms with Gasteiger partial charge in [-0.3, -0.25) is 4.79 Å². The van der Waals surface area contributed by atoms with Gasteiger partial charge in [0.2, 0.25) is 11.2 Å². The molecule has 1 aromatic heterocycles. The first-order chi connectivity index (χ1) is 9.08. The van der Waals surface area contributed by atoms with Crippen molar-refractivity contribution >= 4 is 34.9 Å². The first kappa shape index (κ1) is 14.3. The highest BCUT2D eigenvalue weighted by atomic mass is 35.5. The summed E-state index contributed by atoms with van der Waals surface area (Å²) >= 11 is 11.7. The summed E-state index contributed by atoms with van der Waals surface area (Å²) in [5.74, 6) is 0.449. The topological polar surface area (TPSA) is 58.1 Å². The minimum Gasteiger partial charge on any atom is -0.357 e. The molecule has 1 N–H and O–H groups in total. The predicted molar refractivity (Wildman–Crippen MR) is 75.6 cm³/mol. The third kappa shape index (κ3) is 3.70. The molecule has 0 spiro atoms. The lowest BCUT2D eigenvalue weighted by molar-refractivity contribution is -0.132. The lowest BCUT2D eigenvalue weighted by Gasteiger charge is -2.29. The number of anilines is 1. The first-order valence-electron chi connectivity index (χ1n) is 6.31. The standard InChI is InChI=1S/C12H16Cl2N4O/c1-8(11(19)18-5-3-2-4-6-18)16-10-9(13)7-15-12(14)17-10/h7-8H,2-6H2,1H3,(H,15,16,17). The molecule has 2 rings (SSSR count). The molecule has 0 radical (unpaired) electrons. The molecule has 1 amide bonds. The Hall–Kier alpha value is -1.07. The third-order valence-corrected chi connectivity index (χ3v) is 3.56. The van der Waals surface area contributed by atoms with Crippen LogP contribution in [-0.2, 0) is 4.79 Å². The molecular weight excluding hydrogens is 287 g/mol. The fourth-order valence-corrected chi connectivity index (χ4v) is 2.38. The van der Waals surface area contributed by atoms with Gasteiger partial charge < -0.3 is 10.2 Å². The minimum atomic E-state index is -0.387. The fraction of sp³-hybridized carbons (Fsp3) is 0.583. The Kier molecular flexibility index (Phi) is 4.82. The molecule has 0 aromatic carbocycles. The van der Waals surface area contributed by atoms with Crippen molar-refractivity contribution in [1.82, 2.24) is 14.9 Å². The number of halogens is 2. The zero-order valence-electron chi connectivity index (χ0n) is 10.7. The number of rotatable bonds is 3. The maximum Gasteiger partial charge on any atom is 0.244 e. The number of carbonyl (C=O) groups is 1. The number of likely N-dealkylation sites (tertiary alicyclic amines) is 1. The highest BCUT2D eigenvalue weighted by Crippen LogP contribution is 2.21. The molecule has 1 atom stereocenters. The van der Waals surface area contributed by atoms with Gasteiger partial charge in [0.25, 0.3) is 0 Å². The van der Waals surface area contributed by atoms with Gasteiger partial charge in [0, 0.05) is 13.1 Å². The Morgan fingerprint density at radius 1 is 1.37 bits per heavy atom. The molecule has 2 heterocycles. The summed E-state index contributed by atoms with van der Waals surface area (Å²) in [5.41, 5.74) is 0. The average Bonchev–Trinajstić information content (AvgIpc) is 2.43. The van der Waals surface area contributed by atoms with E-state index in [-0.39, 0.29) is 17.2 Å². The van der Waals surface area contributed by atoms with E-state index in [2.05, 4.69) is 15.3 Å². The third-order valence-electron chi connectivity index (χ3n) is 3.11. The van der Waals surface area contributed by atoms with Crippen molar-refractivity contribution in [2.45, 2.75) is 32.2 Å². The summed E-state index contributed by atoms with van der Waals surface area (Å²) < 4.78 is 0. The van der Waals surface area contributed by atoms with Crippen LogP contribution in [0.1, 0.15) is 26.2 Å². The molecular formula is C12H16Cl2N4O. The van der Waals surface area contributed by atoms with Crippen molar-refractivity contribution in [2.24, 2.45) is 0 Å². The maximum absolute atomic E-state index is 12.2. The van der Waals surface area contributed by atoms with Crippen LogP contribution in [0, 0.1) is 0 Å². The van der Waals surface area contributed by atoms with Crippen LogP contribution in [-0.4, -0.2) is 39.9 Å². The highest BCUT2D eigenvalue weighted by molar-refractivity contribution is 6.33. The molecule has 7 heteroatoms. The van der Waals surface area contributed by atoms with E-state index in [0.717, 1.165) is 25.9 Å². The molecule has 19 heavy (non-hydrogen) atoms. The Morgan fingerprint density at radius 3 is 2.74 bits per heavy atom. The van der Waals surface area contributed by atoms with E-state index in [4.69, 9.17) is 23.2 Å². The summed E-state index contributed by atoms with van der Waals surface area (Å²) in [6, 6.07) is -0.387. The Labute approximate surface area is 122 Å². The van der Waals surface area contributed by atoms with Gasteiger partial charge in [-0.15, -0.1) is 0 Å². The van der Waals surface area contributed by atoms with E-state index < -0.39 is 0 Å². The lowest BCUT2D eigenvalue weighted by Crippen LogP contribution is -2.44. The van der Waals surface area contributed by atoms with Crippen LogP contribution >= 0.6 is 23.2 Å². The van der Waals surface area contributed by atoms with Gasteiger partial charge in [-0.25, -0.2) is 4.98 Å². The number of piperidine rings is 1. The van der Waals surface area contributed by atoms with Crippen LogP contribution in [0.2, 0.25) is 10.3 Å². The molecule has 1 fully saturated rings. The van der Waals surface area contributed by atoms with Crippen LogP contribution in [0.5, 0.6) is 0 Å². The molecule has 104 valence electrons. The largest absolute Gasteiger partial charge is 0.357 e. The van der Waals surface area contributed by atoms with Crippen molar-refractivity contribution < 1.29 is 4.79 Å². The molecule has 0 bridgehead atoms. The second kappa shape index (κ2) is 6.39. The van der Waals surface area contributed by atoms with Crippen molar-refractivity contribution in [3.63, 3.8) is 0 Å². The van der Waals surface area contributed by atoms with Crippen molar-refractivity contribution in [3.8, 4) is 0 Å².